The quantitative estimate of drug-likeness (QED) is 0.889. The second-order valence-corrected chi connectivity index (χ2v) is 5.47. The van der Waals surface area contributed by atoms with E-state index in [1.165, 1.54) is 11.1 Å². The lowest BCUT2D eigenvalue weighted by Crippen LogP contribution is -2.23. The van der Waals surface area contributed by atoms with Gasteiger partial charge in [0.1, 0.15) is 6.04 Å². The van der Waals surface area contributed by atoms with Gasteiger partial charge in [-0.05, 0) is 37.3 Å². The van der Waals surface area contributed by atoms with E-state index in [0.717, 1.165) is 19.3 Å². The molecule has 5 heteroatoms. The Morgan fingerprint density at radius 3 is 2.85 bits per heavy atom. The molecule has 3 rings (SSSR count). The Labute approximate surface area is 117 Å². The minimum atomic E-state index is -0.699. The van der Waals surface area contributed by atoms with E-state index >= 15 is 0 Å². The number of hydrogen-bond donors (Lipinski definition) is 2. The largest absolute Gasteiger partial charge is 0.391 e. The molecule has 5 nitrogen and oxygen atoms in total. The van der Waals surface area contributed by atoms with Crippen LogP contribution in [0.2, 0.25) is 0 Å². The number of nitrogens with two attached hydrogens (primary N) is 1. The van der Waals surface area contributed by atoms with Crippen LogP contribution in [0.4, 0.5) is 0 Å². The van der Waals surface area contributed by atoms with E-state index in [9.17, 15) is 5.11 Å². The first kappa shape index (κ1) is 13.3. The number of aryl methyl sites for hydroxylation is 1. The first-order chi connectivity index (χ1) is 9.65. The molecule has 0 spiro atoms. The van der Waals surface area contributed by atoms with Crippen molar-refractivity contribution in [2.75, 3.05) is 0 Å². The molecule has 3 N–H and O–H groups in total. The Bertz CT molecular complexity index is 594. The van der Waals surface area contributed by atoms with Gasteiger partial charge in [-0.25, -0.2) is 0 Å². The van der Waals surface area contributed by atoms with Crippen LogP contribution in [0.5, 0.6) is 0 Å². The van der Waals surface area contributed by atoms with Gasteiger partial charge in [-0.3, -0.25) is 0 Å². The average Bonchev–Trinajstić information content (AvgIpc) is 2.95. The number of aromatic nitrogens is 2. The van der Waals surface area contributed by atoms with Gasteiger partial charge < -0.3 is 15.4 Å². The number of aliphatic hydroxyl groups excluding tert-OH is 1. The lowest BCUT2D eigenvalue weighted by molar-refractivity contribution is 0.146. The summed E-state index contributed by atoms with van der Waals surface area (Å²) in [6.45, 7) is 1.62. The first-order valence-electron chi connectivity index (χ1n) is 6.99. The standard InChI is InChI=1S/C15H19N3O2/c1-9(19)13(16)15-17-14(18-20-15)12-7-6-10-4-2-3-5-11(10)8-12/h2-5,9,12-13,19H,6-8,16H2,1H3/t9-,12?,13+/m1/s1. The summed E-state index contributed by atoms with van der Waals surface area (Å²) >= 11 is 0. The number of nitrogens with zero attached hydrogens (tertiary/aromatic N) is 2. The Hall–Kier alpha value is -1.72. The van der Waals surface area contributed by atoms with Crippen molar-refractivity contribution in [3.63, 3.8) is 0 Å². The van der Waals surface area contributed by atoms with Crippen molar-refractivity contribution >= 4 is 0 Å². The predicted octanol–water partition coefficient (Wildman–Crippen LogP) is 1.72. The summed E-state index contributed by atoms with van der Waals surface area (Å²) < 4.78 is 5.18. The van der Waals surface area contributed by atoms with Gasteiger partial charge in [0.25, 0.3) is 0 Å². The maximum absolute atomic E-state index is 9.47. The van der Waals surface area contributed by atoms with Gasteiger partial charge in [0, 0.05) is 5.92 Å². The van der Waals surface area contributed by atoms with Crippen molar-refractivity contribution in [2.24, 2.45) is 5.73 Å². The van der Waals surface area contributed by atoms with Gasteiger partial charge in [0.2, 0.25) is 5.89 Å². The van der Waals surface area contributed by atoms with Crippen LogP contribution in [-0.4, -0.2) is 21.4 Å². The van der Waals surface area contributed by atoms with Crippen molar-refractivity contribution in [3.8, 4) is 0 Å². The van der Waals surface area contributed by atoms with Crippen LogP contribution < -0.4 is 5.73 Å². The normalized spacial score (nSPS) is 21.2. The highest BCUT2D eigenvalue weighted by Crippen LogP contribution is 2.31. The number of benzene rings is 1. The molecule has 0 saturated heterocycles. The highest BCUT2D eigenvalue weighted by molar-refractivity contribution is 5.31. The van der Waals surface area contributed by atoms with Crippen molar-refractivity contribution < 1.29 is 9.63 Å². The zero-order chi connectivity index (χ0) is 14.1. The van der Waals surface area contributed by atoms with Gasteiger partial charge >= 0.3 is 0 Å². The third-order valence-corrected chi connectivity index (χ3v) is 3.97. The maximum Gasteiger partial charge on any atom is 0.246 e. The van der Waals surface area contributed by atoms with Gasteiger partial charge in [-0.2, -0.15) is 4.98 Å². The molecule has 0 fully saturated rings. The monoisotopic (exact) mass is 273 g/mol. The number of aliphatic hydroxyl groups is 1. The van der Waals surface area contributed by atoms with E-state index in [1.54, 1.807) is 6.92 Å². The molecule has 0 radical (unpaired) electrons. The summed E-state index contributed by atoms with van der Waals surface area (Å²) in [5.74, 6) is 1.28. The van der Waals surface area contributed by atoms with E-state index in [2.05, 4.69) is 34.4 Å². The van der Waals surface area contributed by atoms with E-state index in [-0.39, 0.29) is 5.92 Å². The molecule has 0 aliphatic heterocycles. The smallest absolute Gasteiger partial charge is 0.246 e. The lowest BCUT2D eigenvalue weighted by Gasteiger charge is -2.21. The molecule has 1 heterocycles. The average molecular weight is 273 g/mol. The molecule has 106 valence electrons. The molecule has 1 aliphatic rings. The van der Waals surface area contributed by atoms with Crippen molar-refractivity contribution in [1.29, 1.82) is 0 Å². The Kier molecular flexibility index (Phi) is 3.54. The molecule has 3 atom stereocenters. The Morgan fingerprint density at radius 2 is 2.10 bits per heavy atom. The molecule has 1 aromatic heterocycles. The topological polar surface area (TPSA) is 85.2 Å². The van der Waals surface area contributed by atoms with Crippen LogP contribution in [0.1, 0.15) is 48.1 Å². The molecule has 2 aromatic rings. The lowest BCUT2D eigenvalue weighted by atomic mass is 9.83. The van der Waals surface area contributed by atoms with Crippen LogP contribution in [0, 0.1) is 0 Å². The third kappa shape index (κ3) is 2.46. The highest BCUT2D eigenvalue weighted by Gasteiger charge is 2.26. The first-order valence-corrected chi connectivity index (χ1v) is 6.99. The second kappa shape index (κ2) is 5.34. The summed E-state index contributed by atoms with van der Waals surface area (Å²) in [7, 11) is 0. The molecule has 0 saturated carbocycles. The van der Waals surface area contributed by atoms with E-state index in [4.69, 9.17) is 10.3 Å². The highest BCUT2D eigenvalue weighted by atomic mass is 16.5. The third-order valence-electron chi connectivity index (χ3n) is 3.97. The Morgan fingerprint density at radius 1 is 1.35 bits per heavy atom. The molecule has 1 aliphatic carbocycles. The fraction of sp³-hybridized carbons (Fsp3) is 0.467. The van der Waals surface area contributed by atoms with Crippen molar-refractivity contribution in [2.45, 2.75) is 44.2 Å². The zero-order valence-electron chi connectivity index (χ0n) is 11.5. The summed E-state index contributed by atoms with van der Waals surface area (Å²) in [5, 5.41) is 13.5. The Balaban J connectivity index is 1.78. The second-order valence-electron chi connectivity index (χ2n) is 5.47. The number of fused-ring (bicyclic) bond motifs is 1. The molecule has 1 aromatic carbocycles. The van der Waals surface area contributed by atoms with E-state index < -0.39 is 12.1 Å². The van der Waals surface area contributed by atoms with Gasteiger partial charge in [-0.1, -0.05) is 29.4 Å². The summed E-state index contributed by atoms with van der Waals surface area (Å²) in [5.41, 5.74) is 8.58. The predicted molar refractivity (Wildman–Crippen MR) is 74.1 cm³/mol. The van der Waals surface area contributed by atoms with Crippen LogP contribution in [-0.2, 0) is 12.8 Å². The van der Waals surface area contributed by atoms with Crippen molar-refractivity contribution in [3.05, 3.63) is 47.1 Å². The SMILES string of the molecule is C[C@@H](O)[C@H](N)c1nc(C2CCc3ccccc3C2)no1. The number of rotatable bonds is 3. The molecular formula is C15H19N3O2. The molecular weight excluding hydrogens is 254 g/mol. The fourth-order valence-electron chi connectivity index (χ4n) is 2.67. The molecule has 0 bridgehead atoms. The molecule has 1 unspecified atom stereocenters. The van der Waals surface area contributed by atoms with Gasteiger partial charge in [-0.15, -0.1) is 0 Å². The minimum absolute atomic E-state index is 0.267. The summed E-state index contributed by atoms with van der Waals surface area (Å²) in [6.07, 6.45) is 2.28. The summed E-state index contributed by atoms with van der Waals surface area (Å²) in [4.78, 5) is 4.37. The van der Waals surface area contributed by atoms with Crippen LogP contribution in [0.3, 0.4) is 0 Å². The molecule has 0 amide bonds. The van der Waals surface area contributed by atoms with E-state index in [0.29, 0.717) is 11.7 Å². The zero-order valence-corrected chi connectivity index (χ0v) is 11.5. The van der Waals surface area contributed by atoms with Crippen molar-refractivity contribution in [1.82, 2.24) is 10.1 Å². The number of hydrogen-bond acceptors (Lipinski definition) is 5. The van der Waals surface area contributed by atoms with E-state index in [1.807, 2.05) is 0 Å². The van der Waals surface area contributed by atoms with Gasteiger partial charge in [0.05, 0.1) is 6.10 Å². The maximum atomic E-state index is 9.47. The van der Waals surface area contributed by atoms with Gasteiger partial charge in [0.15, 0.2) is 5.82 Å². The minimum Gasteiger partial charge on any atom is -0.391 e. The molecule has 20 heavy (non-hydrogen) atoms. The summed E-state index contributed by atoms with van der Waals surface area (Å²) in [6, 6.07) is 7.85. The van der Waals surface area contributed by atoms with Crippen LogP contribution in [0.15, 0.2) is 28.8 Å². The van der Waals surface area contributed by atoms with Crippen LogP contribution in [0.25, 0.3) is 0 Å². The van der Waals surface area contributed by atoms with Crippen LogP contribution >= 0.6 is 0 Å². The fourth-order valence-corrected chi connectivity index (χ4v) is 2.67.